The van der Waals surface area contributed by atoms with E-state index in [4.69, 9.17) is 10.3 Å². The second kappa shape index (κ2) is 5.10. The fourth-order valence-electron chi connectivity index (χ4n) is 1.64. The average molecular weight is 231 g/mol. The first-order valence-electron chi connectivity index (χ1n) is 5.87. The molecule has 0 saturated heterocycles. The Morgan fingerprint density at radius 1 is 1.29 bits per heavy atom. The predicted octanol–water partition coefficient (Wildman–Crippen LogP) is 2.84. The Kier molecular flexibility index (Phi) is 3.54. The van der Waals surface area contributed by atoms with Crippen LogP contribution in [0.25, 0.3) is 11.4 Å². The van der Waals surface area contributed by atoms with Crippen molar-refractivity contribution in [3.8, 4) is 11.4 Å². The first-order chi connectivity index (χ1) is 8.20. The molecule has 2 N–H and O–H groups in total. The molecule has 0 fully saturated rings. The molecule has 4 heteroatoms. The summed E-state index contributed by atoms with van der Waals surface area (Å²) in [5.74, 6) is 1.12. The van der Waals surface area contributed by atoms with Crippen LogP contribution in [-0.2, 0) is 0 Å². The molecule has 0 unspecified atom stereocenters. The maximum atomic E-state index is 5.92. The van der Waals surface area contributed by atoms with Crippen LogP contribution >= 0.6 is 0 Å². The Bertz CT molecular complexity index is 476. The van der Waals surface area contributed by atoms with Crippen LogP contribution in [0, 0.1) is 6.92 Å². The van der Waals surface area contributed by atoms with Crippen molar-refractivity contribution < 1.29 is 4.52 Å². The van der Waals surface area contributed by atoms with Gasteiger partial charge >= 0.3 is 0 Å². The monoisotopic (exact) mass is 231 g/mol. The summed E-state index contributed by atoms with van der Waals surface area (Å²) in [6.07, 6.45) is 1.86. The molecule has 0 spiro atoms. The molecule has 0 bridgehead atoms. The molecule has 0 amide bonds. The smallest absolute Gasteiger partial charge is 0.243 e. The van der Waals surface area contributed by atoms with Gasteiger partial charge in [0.1, 0.15) is 0 Å². The molecule has 17 heavy (non-hydrogen) atoms. The van der Waals surface area contributed by atoms with E-state index >= 15 is 0 Å². The molecule has 1 aromatic heterocycles. The lowest BCUT2D eigenvalue weighted by molar-refractivity contribution is 0.348. The van der Waals surface area contributed by atoms with Crippen molar-refractivity contribution in [2.45, 2.75) is 32.7 Å². The standard InChI is InChI=1S/C13H17N3O/c1-3-4-11(14)13-15-12(16-17-13)10-7-5-9(2)6-8-10/h5-8,11H,3-4,14H2,1-2H3/t11-/m1/s1. The maximum absolute atomic E-state index is 5.92. The number of aromatic nitrogens is 2. The molecule has 0 aliphatic carbocycles. The van der Waals surface area contributed by atoms with Crippen molar-refractivity contribution >= 4 is 0 Å². The van der Waals surface area contributed by atoms with Crippen LogP contribution in [0.1, 0.15) is 37.3 Å². The van der Waals surface area contributed by atoms with Crippen molar-refractivity contribution in [1.82, 2.24) is 10.1 Å². The topological polar surface area (TPSA) is 64.9 Å². The lowest BCUT2D eigenvalue weighted by Crippen LogP contribution is -2.09. The zero-order valence-corrected chi connectivity index (χ0v) is 10.2. The van der Waals surface area contributed by atoms with Gasteiger partial charge in [-0.15, -0.1) is 0 Å². The first kappa shape index (κ1) is 11.8. The van der Waals surface area contributed by atoms with Gasteiger partial charge in [-0.05, 0) is 13.3 Å². The first-order valence-corrected chi connectivity index (χ1v) is 5.87. The third-order valence-corrected chi connectivity index (χ3v) is 2.67. The Balaban J connectivity index is 2.20. The van der Waals surface area contributed by atoms with E-state index in [0.717, 1.165) is 18.4 Å². The van der Waals surface area contributed by atoms with Crippen molar-refractivity contribution in [2.24, 2.45) is 5.73 Å². The van der Waals surface area contributed by atoms with Crippen molar-refractivity contribution in [3.63, 3.8) is 0 Å². The highest BCUT2D eigenvalue weighted by Crippen LogP contribution is 2.20. The molecular weight excluding hydrogens is 214 g/mol. The summed E-state index contributed by atoms with van der Waals surface area (Å²) in [6, 6.07) is 7.85. The molecule has 1 aromatic carbocycles. The van der Waals surface area contributed by atoms with Crippen LogP contribution in [0.5, 0.6) is 0 Å². The number of hydrogen-bond acceptors (Lipinski definition) is 4. The fraction of sp³-hybridized carbons (Fsp3) is 0.385. The van der Waals surface area contributed by atoms with Gasteiger partial charge in [0.05, 0.1) is 6.04 Å². The van der Waals surface area contributed by atoms with Crippen LogP contribution < -0.4 is 5.73 Å². The van der Waals surface area contributed by atoms with E-state index < -0.39 is 0 Å². The summed E-state index contributed by atoms with van der Waals surface area (Å²) < 4.78 is 5.18. The molecule has 1 atom stereocenters. The minimum Gasteiger partial charge on any atom is -0.337 e. The molecule has 90 valence electrons. The third kappa shape index (κ3) is 2.71. The van der Waals surface area contributed by atoms with Crippen LogP contribution in [0.4, 0.5) is 0 Å². The van der Waals surface area contributed by atoms with Gasteiger partial charge in [0, 0.05) is 5.56 Å². The van der Waals surface area contributed by atoms with Crippen LogP contribution in [-0.4, -0.2) is 10.1 Å². The maximum Gasteiger partial charge on any atom is 0.243 e. The number of benzene rings is 1. The minimum absolute atomic E-state index is 0.160. The zero-order chi connectivity index (χ0) is 12.3. The van der Waals surface area contributed by atoms with Gasteiger partial charge in [-0.2, -0.15) is 4.98 Å². The summed E-state index contributed by atoms with van der Waals surface area (Å²) in [5, 5.41) is 3.95. The van der Waals surface area contributed by atoms with Gasteiger partial charge in [-0.1, -0.05) is 48.3 Å². The molecule has 2 aromatic rings. The second-order valence-corrected chi connectivity index (χ2v) is 4.22. The molecule has 2 rings (SSSR count). The summed E-state index contributed by atoms with van der Waals surface area (Å²) in [7, 11) is 0. The zero-order valence-electron chi connectivity index (χ0n) is 10.2. The number of rotatable bonds is 4. The van der Waals surface area contributed by atoms with E-state index in [0.29, 0.717) is 11.7 Å². The Hall–Kier alpha value is -1.68. The van der Waals surface area contributed by atoms with E-state index in [1.165, 1.54) is 5.56 Å². The molecular formula is C13H17N3O. The van der Waals surface area contributed by atoms with Crippen molar-refractivity contribution in [1.29, 1.82) is 0 Å². The van der Waals surface area contributed by atoms with E-state index in [2.05, 4.69) is 17.1 Å². The lowest BCUT2D eigenvalue weighted by Gasteiger charge is -2.02. The fourth-order valence-corrected chi connectivity index (χ4v) is 1.64. The summed E-state index contributed by atoms with van der Waals surface area (Å²) in [4.78, 5) is 4.33. The van der Waals surface area contributed by atoms with E-state index in [1.54, 1.807) is 0 Å². The van der Waals surface area contributed by atoms with E-state index in [9.17, 15) is 0 Å². The molecule has 0 radical (unpaired) electrons. The molecule has 0 aliphatic rings. The van der Waals surface area contributed by atoms with Gasteiger partial charge in [-0.3, -0.25) is 0 Å². The van der Waals surface area contributed by atoms with Crippen molar-refractivity contribution in [2.75, 3.05) is 0 Å². The lowest BCUT2D eigenvalue weighted by atomic mass is 10.1. The molecule has 1 heterocycles. The van der Waals surface area contributed by atoms with Crippen LogP contribution in [0.15, 0.2) is 28.8 Å². The highest BCUT2D eigenvalue weighted by molar-refractivity contribution is 5.54. The highest BCUT2D eigenvalue weighted by atomic mass is 16.5. The number of hydrogen-bond donors (Lipinski definition) is 1. The van der Waals surface area contributed by atoms with Gasteiger partial charge in [0.2, 0.25) is 11.7 Å². The molecule has 0 aliphatic heterocycles. The SMILES string of the molecule is CCC[C@@H](N)c1nc(-c2ccc(C)cc2)no1. The molecule has 0 saturated carbocycles. The normalized spacial score (nSPS) is 12.6. The summed E-state index contributed by atoms with van der Waals surface area (Å²) in [6.45, 7) is 4.12. The van der Waals surface area contributed by atoms with E-state index in [1.807, 2.05) is 31.2 Å². The van der Waals surface area contributed by atoms with Crippen LogP contribution in [0.2, 0.25) is 0 Å². The number of aryl methyl sites for hydroxylation is 1. The Morgan fingerprint density at radius 3 is 2.65 bits per heavy atom. The largest absolute Gasteiger partial charge is 0.337 e. The van der Waals surface area contributed by atoms with Gasteiger partial charge in [0.15, 0.2) is 0 Å². The van der Waals surface area contributed by atoms with Crippen molar-refractivity contribution in [3.05, 3.63) is 35.7 Å². The minimum atomic E-state index is -0.160. The summed E-state index contributed by atoms with van der Waals surface area (Å²) >= 11 is 0. The second-order valence-electron chi connectivity index (χ2n) is 4.22. The van der Waals surface area contributed by atoms with Gasteiger partial charge in [-0.25, -0.2) is 0 Å². The Morgan fingerprint density at radius 2 is 2.00 bits per heavy atom. The summed E-state index contributed by atoms with van der Waals surface area (Å²) in [5.41, 5.74) is 8.09. The third-order valence-electron chi connectivity index (χ3n) is 2.67. The number of nitrogens with two attached hydrogens (primary N) is 1. The van der Waals surface area contributed by atoms with Gasteiger partial charge < -0.3 is 10.3 Å². The highest BCUT2D eigenvalue weighted by Gasteiger charge is 2.14. The van der Waals surface area contributed by atoms with Crippen LogP contribution in [0.3, 0.4) is 0 Å². The quantitative estimate of drug-likeness (QED) is 0.878. The number of nitrogens with zero attached hydrogens (tertiary/aromatic N) is 2. The van der Waals surface area contributed by atoms with E-state index in [-0.39, 0.29) is 6.04 Å². The average Bonchev–Trinajstić information content (AvgIpc) is 2.80. The molecule has 4 nitrogen and oxygen atoms in total. The van der Waals surface area contributed by atoms with Gasteiger partial charge in [0.25, 0.3) is 0 Å². The Labute approximate surface area is 101 Å². The predicted molar refractivity (Wildman–Crippen MR) is 66.3 cm³/mol.